The average Bonchev–Trinajstić information content (AvgIpc) is 1.95. The van der Waals surface area contributed by atoms with E-state index in [1.165, 1.54) is 4.90 Å². The molecule has 0 radical (unpaired) electrons. The fourth-order valence-electron chi connectivity index (χ4n) is 1.67. The fraction of sp³-hybridized carbons (Fsp3) is 0.900. The molecule has 0 aliphatic heterocycles. The number of hydrogen-bond acceptors (Lipinski definition) is 2. The number of amides is 1. The summed E-state index contributed by atoms with van der Waals surface area (Å²) < 4.78 is 0. The number of aliphatic hydroxyl groups is 1. The summed E-state index contributed by atoms with van der Waals surface area (Å²) in [5.41, 5.74) is -0.483. The van der Waals surface area contributed by atoms with Crippen molar-refractivity contribution in [1.82, 2.24) is 4.90 Å². The second-order valence-electron chi connectivity index (χ2n) is 4.54. The maximum absolute atomic E-state index is 11.1. The van der Waals surface area contributed by atoms with Gasteiger partial charge in [0.25, 0.3) is 0 Å². The molecular weight excluding hydrogens is 182 g/mol. The predicted molar refractivity (Wildman–Crippen MR) is 55.4 cm³/mol. The Labute approximate surface area is 85.5 Å². The van der Waals surface area contributed by atoms with E-state index in [9.17, 15) is 9.90 Å². The van der Waals surface area contributed by atoms with Crippen LogP contribution in [0.5, 0.6) is 0 Å². The van der Waals surface area contributed by atoms with Crippen LogP contribution in [0.15, 0.2) is 0 Å². The first-order valence-corrected chi connectivity index (χ1v) is 4.92. The normalized spacial score (nSPS) is 16.1. The van der Waals surface area contributed by atoms with Gasteiger partial charge in [0.1, 0.15) is 0 Å². The van der Waals surface area contributed by atoms with E-state index in [0.29, 0.717) is 6.42 Å². The standard InChI is InChI=1S/C10H21NO3/c1-6-8(7(2)12)11(9(13)14)10(3,4)5/h7-8,12H,6H2,1-5H3,(H,13,14)/t7?,8-/m0/s1. The number of aliphatic hydroxyl groups excluding tert-OH is 1. The molecule has 4 heteroatoms. The molecule has 14 heavy (non-hydrogen) atoms. The van der Waals surface area contributed by atoms with E-state index in [2.05, 4.69) is 0 Å². The molecular formula is C10H21NO3. The molecule has 0 aliphatic carbocycles. The molecule has 0 aromatic heterocycles. The van der Waals surface area contributed by atoms with Crippen molar-refractivity contribution in [2.75, 3.05) is 0 Å². The third-order valence-electron chi connectivity index (χ3n) is 2.24. The Balaban J connectivity index is 4.89. The van der Waals surface area contributed by atoms with E-state index >= 15 is 0 Å². The Morgan fingerprint density at radius 1 is 1.43 bits per heavy atom. The smallest absolute Gasteiger partial charge is 0.408 e. The molecule has 0 aromatic carbocycles. The average molecular weight is 203 g/mol. The van der Waals surface area contributed by atoms with Crippen LogP contribution >= 0.6 is 0 Å². The van der Waals surface area contributed by atoms with Crippen LogP contribution < -0.4 is 0 Å². The molecule has 0 aliphatic rings. The number of hydrogen-bond donors (Lipinski definition) is 2. The van der Waals surface area contributed by atoms with Gasteiger partial charge in [0.2, 0.25) is 0 Å². The Hall–Kier alpha value is -0.770. The van der Waals surface area contributed by atoms with Gasteiger partial charge in [-0.3, -0.25) is 4.90 Å². The molecule has 0 saturated carbocycles. The van der Waals surface area contributed by atoms with Gasteiger partial charge in [-0.25, -0.2) is 4.79 Å². The van der Waals surface area contributed by atoms with Gasteiger partial charge in [-0.2, -0.15) is 0 Å². The molecule has 1 unspecified atom stereocenters. The van der Waals surface area contributed by atoms with Crippen molar-refractivity contribution < 1.29 is 15.0 Å². The number of rotatable bonds is 3. The summed E-state index contributed by atoms with van der Waals surface area (Å²) in [6.07, 6.45) is -1.01. The van der Waals surface area contributed by atoms with Gasteiger partial charge >= 0.3 is 6.09 Å². The summed E-state index contributed by atoms with van der Waals surface area (Å²) in [5, 5.41) is 18.6. The molecule has 0 spiro atoms. The first kappa shape index (κ1) is 13.2. The molecule has 0 rings (SSSR count). The van der Waals surface area contributed by atoms with Gasteiger partial charge in [0.05, 0.1) is 12.1 Å². The number of carboxylic acid groups (broad SMARTS) is 1. The van der Waals surface area contributed by atoms with Crippen LogP contribution in [-0.2, 0) is 0 Å². The van der Waals surface area contributed by atoms with E-state index < -0.39 is 17.7 Å². The van der Waals surface area contributed by atoms with E-state index in [0.717, 1.165) is 0 Å². The lowest BCUT2D eigenvalue weighted by molar-refractivity contribution is 0.0128. The highest BCUT2D eigenvalue weighted by atomic mass is 16.4. The third-order valence-corrected chi connectivity index (χ3v) is 2.24. The zero-order valence-corrected chi connectivity index (χ0v) is 9.61. The van der Waals surface area contributed by atoms with Crippen LogP contribution in [0.3, 0.4) is 0 Å². The molecule has 2 atom stereocenters. The first-order valence-electron chi connectivity index (χ1n) is 4.92. The quantitative estimate of drug-likeness (QED) is 0.736. The van der Waals surface area contributed by atoms with E-state index in [-0.39, 0.29) is 6.04 Å². The SMILES string of the molecule is CC[C@@H](C(C)O)N(C(=O)O)C(C)(C)C. The van der Waals surface area contributed by atoms with Crippen LogP contribution in [0.1, 0.15) is 41.0 Å². The second-order valence-corrected chi connectivity index (χ2v) is 4.54. The van der Waals surface area contributed by atoms with Crippen LogP contribution in [-0.4, -0.2) is 38.9 Å². The van der Waals surface area contributed by atoms with Crippen LogP contribution in [0.2, 0.25) is 0 Å². The molecule has 0 bridgehead atoms. The van der Waals surface area contributed by atoms with Crippen molar-refractivity contribution in [2.45, 2.75) is 58.7 Å². The van der Waals surface area contributed by atoms with Gasteiger partial charge in [-0.15, -0.1) is 0 Å². The van der Waals surface area contributed by atoms with Gasteiger partial charge < -0.3 is 10.2 Å². The maximum atomic E-state index is 11.1. The van der Waals surface area contributed by atoms with Crippen molar-refractivity contribution in [3.05, 3.63) is 0 Å². The van der Waals surface area contributed by atoms with Gasteiger partial charge in [-0.1, -0.05) is 6.92 Å². The molecule has 0 fully saturated rings. The first-order chi connectivity index (χ1) is 6.21. The van der Waals surface area contributed by atoms with Crippen LogP contribution in [0.25, 0.3) is 0 Å². The van der Waals surface area contributed by atoms with Gasteiger partial charge in [0.15, 0.2) is 0 Å². The lowest BCUT2D eigenvalue weighted by Crippen LogP contribution is -2.54. The predicted octanol–water partition coefficient (Wildman–Crippen LogP) is 1.92. The van der Waals surface area contributed by atoms with Crippen molar-refractivity contribution >= 4 is 6.09 Å². The molecule has 4 nitrogen and oxygen atoms in total. The van der Waals surface area contributed by atoms with E-state index in [1.54, 1.807) is 6.92 Å². The minimum absolute atomic E-state index is 0.340. The summed E-state index contributed by atoms with van der Waals surface area (Å²) in [7, 11) is 0. The maximum Gasteiger partial charge on any atom is 0.408 e. The molecule has 84 valence electrons. The van der Waals surface area contributed by atoms with Gasteiger partial charge in [0, 0.05) is 5.54 Å². The fourth-order valence-corrected chi connectivity index (χ4v) is 1.67. The Morgan fingerprint density at radius 3 is 1.93 bits per heavy atom. The van der Waals surface area contributed by atoms with Crippen molar-refractivity contribution in [1.29, 1.82) is 0 Å². The van der Waals surface area contributed by atoms with Crippen molar-refractivity contribution in [3.8, 4) is 0 Å². The van der Waals surface area contributed by atoms with Crippen LogP contribution in [0, 0.1) is 0 Å². The molecule has 2 N–H and O–H groups in total. The minimum Gasteiger partial charge on any atom is -0.465 e. The van der Waals surface area contributed by atoms with Crippen LogP contribution in [0.4, 0.5) is 4.79 Å². The van der Waals surface area contributed by atoms with E-state index in [1.807, 2.05) is 27.7 Å². The lowest BCUT2D eigenvalue weighted by atomic mass is 9.99. The summed E-state index contributed by atoms with van der Waals surface area (Å²) in [6.45, 7) is 8.97. The number of carbonyl (C=O) groups is 1. The third kappa shape index (κ3) is 3.18. The molecule has 0 aromatic rings. The molecule has 0 heterocycles. The topological polar surface area (TPSA) is 60.8 Å². The monoisotopic (exact) mass is 203 g/mol. The second kappa shape index (κ2) is 4.64. The lowest BCUT2D eigenvalue weighted by Gasteiger charge is -2.40. The minimum atomic E-state index is -0.981. The summed E-state index contributed by atoms with van der Waals surface area (Å²) >= 11 is 0. The van der Waals surface area contributed by atoms with E-state index in [4.69, 9.17) is 5.11 Å². The Bertz CT molecular complexity index is 196. The highest BCUT2D eigenvalue weighted by Gasteiger charge is 2.34. The molecule has 1 amide bonds. The molecule has 0 saturated heterocycles. The summed E-state index contributed by atoms with van der Waals surface area (Å²) in [5.74, 6) is 0. The number of nitrogens with zero attached hydrogens (tertiary/aromatic N) is 1. The Morgan fingerprint density at radius 2 is 1.86 bits per heavy atom. The highest BCUT2D eigenvalue weighted by molar-refractivity contribution is 5.66. The zero-order valence-electron chi connectivity index (χ0n) is 9.61. The van der Waals surface area contributed by atoms with Crippen molar-refractivity contribution in [2.24, 2.45) is 0 Å². The Kier molecular flexibility index (Phi) is 4.39. The largest absolute Gasteiger partial charge is 0.465 e. The zero-order chi connectivity index (χ0) is 11.5. The highest BCUT2D eigenvalue weighted by Crippen LogP contribution is 2.21. The van der Waals surface area contributed by atoms with Crippen molar-refractivity contribution in [3.63, 3.8) is 0 Å². The summed E-state index contributed by atoms with van der Waals surface area (Å²) in [6, 6.07) is -0.340. The summed E-state index contributed by atoms with van der Waals surface area (Å²) in [4.78, 5) is 12.4. The van der Waals surface area contributed by atoms with Gasteiger partial charge in [-0.05, 0) is 34.1 Å².